The van der Waals surface area contributed by atoms with Crippen molar-refractivity contribution in [3.05, 3.63) is 42.6 Å². The van der Waals surface area contributed by atoms with E-state index in [0.717, 1.165) is 5.52 Å². The molecule has 0 aliphatic rings. The Balaban J connectivity index is 0.000000380. The van der Waals surface area contributed by atoms with Gasteiger partial charge in [-0.2, -0.15) is 0 Å². The van der Waals surface area contributed by atoms with Gasteiger partial charge in [0.15, 0.2) is 5.96 Å². The number of nitrogens with two attached hydrogens (primary N) is 3. The Labute approximate surface area is 136 Å². The fraction of sp³-hybridized carbons (Fsp3) is 0.312. The van der Waals surface area contributed by atoms with Crippen LogP contribution in [0.5, 0.6) is 0 Å². The summed E-state index contributed by atoms with van der Waals surface area (Å²) in [6, 6.07) is 12.1. The second-order valence-corrected chi connectivity index (χ2v) is 4.18. The van der Waals surface area contributed by atoms with Crippen molar-refractivity contribution in [1.29, 1.82) is 0 Å². The highest BCUT2D eigenvalue weighted by atomic mass is 16.5. The van der Waals surface area contributed by atoms with E-state index >= 15 is 0 Å². The molecule has 1 aromatic carbocycles. The number of aliphatic imine (C=N–C) groups is 1. The molecule has 6 N–H and O–H groups in total. The lowest BCUT2D eigenvalue weighted by molar-refractivity contribution is -0.140. The molecular weight excluding hydrogens is 294 g/mol. The van der Waals surface area contributed by atoms with Crippen LogP contribution in [0.15, 0.2) is 47.6 Å². The molecule has 2 rings (SSSR count). The third kappa shape index (κ3) is 9.81. The summed E-state index contributed by atoms with van der Waals surface area (Å²) < 4.78 is 4.41. The molecule has 2 aromatic rings. The molecule has 1 heterocycles. The first-order valence-electron chi connectivity index (χ1n) is 7.13. The molecule has 0 unspecified atom stereocenters. The minimum atomic E-state index is -0.240. The van der Waals surface area contributed by atoms with Gasteiger partial charge in [0.25, 0.3) is 0 Å². The van der Waals surface area contributed by atoms with Gasteiger partial charge in [0.1, 0.15) is 0 Å². The number of hydrogen-bond donors (Lipinski definition) is 3. The molecule has 0 bridgehead atoms. The van der Waals surface area contributed by atoms with Gasteiger partial charge in [0.05, 0.1) is 12.6 Å². The van der Waals surface area contributed by atoms with E-state index in [-0.39, 0.29) is 11.9 Å². The van der Waals surface area contributed by atoms with Crippen LogP contribution in [0, 0.1) is 0 Å². The van der Waals surface area contributed by atoms with Crippen LogP contribution in [0.4, 0.5) is 0 Å². The van der Waals surface area contributed by atoms with E-state index in [0.29, 0.717) is 19.4 Å². The number of guanidine groups is 1. The lowest BCUT2D eigenvalue weighted by Gasteiger charge is -1.95. The van der Waals surface area contributed by atoms with Crippen LogP contribution in [0.1, 0.15) is 12.8 Å². The maximum absolute atomic E-state index is 10.5. The van der Waals surface area contributed by atoms with E-state index in [2.05, 4.69) is 32.6 Å². The number of para-hydroxylation sites is 1. The number of benzene rings is 1. The fourth-order valence-corrected chi connectivity index (χ4v) is 1.55. The molecule has 0 atom stereocenters. The van der Waals surface area contributed by atoms with Crippen LogP contribution in [0.2, 0.25) is 0 Å². The van der Waals surface area contributed by atoms with E-state index in [9.17, 15) is 4.79 Å². The maximum atomic E-state index is 10.5. The number of aromatic nitrogens is 1. The number of rotatable bonds is 4. The highest BCUT2D eigenvalue weighted by Gasteiger charge is 1.97. The van der Waals surface area contributed by atoms with Crippen LogP contribution < -0.4 is 17.2 Å². The molecule has 7 nitrogen and oxygen atoms in total. The summed E-state index contributed by atoms with van der Waals surface area (Å²) >= 11 is 0. The second-order valence-electron chi connectivity index (χ2n) is 4.18. The van der Waals surface area contributed by atoms with Gasteiger partial charge < -0.3 is 21.9 Å². The van der Waals surface area contributed by atoms with Gasteiger partial charge in [-0.05, 0) is 25.6 Å². The molecular formula is C16H25N5O2. The number of carbonyl (C=O) groups is 1. The van der Waals surface area contributed by atoms with Crippen molar-refractivity contribution in [1.82, 2.24) is 4.98 Å². The molecule has 0 saturated heterocycles. The van der Waals surface area contributed by atoms with Gasteiger partial charge >= 0.3 is 5.97 Å². The van der Waals surface area contributed by atoms with Gasteiger partial charge in [0.2, 0.25) is 0 Å². The zero-order valence-corrected chi connectivity index (χ0v) is 13.6. The lowest BCUT2D eigenvalue weighted by Crippen LogP contribution is -2.23. The number of pyridine rings is 1. The number of carbonyl (C=O) groups excluding carboxylic acids is 1. The monoisotopic (exact) mass is 319 g/mol. The quantitative estimate of drug-likeness (QED) is 0.334. The average molecular weight is 319 g/mol. The van der Waals surface area contributed by atoms with E-state index in [1.54, 1.807) is 0 Å². The summed E-state index contributed by atoms with van der Waals surface area (Å²) in [7, 11) is 2.85. The first kappa shape index (κ1) is 20.3. The van der Waals surface area contributed by atoms with Gasteiger partial charge in [-0.25, -0.2) is 0 Å². The molecule has 0 saturated carbocycles. The number of nitrogens with zero attached hydrogens (tertiary/aromatic N) is 2. The number of esters is 1. The Morgan fingerprint density at radius 3 is 2.43 bits per heavy atom. The minimum Gasteiger partial charge on any atom is -0.469 e. The summed E-state index contributed by atoms with van der Waals surface area (Å²) in [5.41, 5.74) is 15.7. The van der Waals surface area contributed by atoms with Crippen molar-refractivity contribution >= 4 is 22.8 Å². The van der Waals surface area contributed by atoms with Crippen molar-refractivity contribution in [3.8, 4) is 0 Å². The summed E-state index contributed by atoms with van der Waals surface area (Å²) in [5, 5.41) is 1.20. The Morgan fingerprint density at radius 2 is 1.83 bits per heavy atom. The van der Waals surface area contributed by atoms with E-state index in [1.807, 2.05) is 30.5 Å². The van der Waals surface area contributed by atoms with E-state index < -0.39 is 0 Å². The average Bonchev–Trinajstić information content (AvgIpc) is 2.60. The molecule has 1 aromatic heterocycles. The Morgan fingerprint density at radius 1 is 1.17 bits per heavy atom. The zero-order valence-electron chi connectivity index (χ0n) is 13.6. The lowest BCUT2D eigenvalue weighted by atomic mass is 10.2. The van der Waals surface area contributed by atoms with Crippen molar-refractivity contribution < 1.29 is 9.53 Å². The zero-order chi connectivity index (χ0) is 17.5. The number of hydrogen-bond acceptors (Lipinski definition) is 5. The van der Waals surface area contributed by atoms with Crippen molar-refractivity contribution in [2.24, 2.45) is 22.2 Å². The SMILES string of the molecule is CN.COC(=O)CCCN=C(N)N.c1ccc2ncccc2c1. The predicted molar refractivity (Wildman–Crippen MR) is 93.8 cm³/mol. The van der Waals surface area contributed by atoms with E-state index in [4.69, 9.17) is 11.5 Å². The Kier molecular flexibility index (Phi) is 11.5. The summed E-state index contributed by atoms with van der Waals surface area (Å²) in [4.78, 5) is 18.4. The number of fused-ring (bicyclic) bond motifs is 1. The van der Waals surface area contributed by atoms with Crippen molar-refractivity contribution in [2.45, 2.75) is 12.8 Å². The van der Waals surface area contributed by atoms with Gasteiger partial charge in [0, 0.05) is 24.5 Å². The molecule has 0 fully saturated rings. The van der Waals surface area contributed by atoms with Crippen LogP contribution in [-0.2, 0) is 9.53 Å². The van der Waals surface area contributed by atoms with Gasteiger partial charge in [-0.3, -0.25) is 14.8 Å². The summed E-state index contributed by atoms with van der Waals surface area (Å²) in [6.45, 7) is 0.470. The number of ether oxygens (including phenoxy) is 1. The van der Waals surface area contributed by atoms with Crippen LogP contribution >= 0.6 is 0 Å². The normalized spacial score (nSPS) is 8.83. The van der Waals surface area contributed by atoms with E-state index in [1.165, 1.54) is 19.5 Å². The predicted octanol–water partition coefficient (Wildman–Crippen LogP) is 1.02. The third-order valence-corrected chi connectivity index (χ3v) is 2.57. The molecule has 7 heteroatoms. The molecule has 0 spiro atoms. The summed E-state index contributed by atoms with van der Waals surface area (Å²) in [6.07, 6.45) is 2.78. The topological polar surface area (TPSA) is 130 Å². The molecule has 0 amide bonds. The first-order chi connectivity index (χ1) is 11.1. The van der Waals surface area contributed by atoms with Gasteiger partial charge in [-0.15, -0.1) is 0 Å². The number of methoxy groups -OCH3 is 1. The smallest absolute Gasteiger partial charge is 0.305 e. The Hall–Kier alpha value is -2.67. The summed E-state index contributed by atoms with van der Waals surface area (Å²) in [5.74, 6) is -0.189. The first-order valence-corrected chi connectivity index (χ1v) is 7.13. The molecule has 0 aliphatic heterocycles. The van der Waals surface area contributed by atoms with Crippen LogP contribution in [0.3, 0.4) is 0 Å². The second kappa shape index (κ2) is 13.0. The maximum Gasteiger partial charge on any atom is 0.305 e. The van der Waals surface area contributed by atoms with Crippen LogP contribution in [0.25, 0.3) is 10.9 Å². The molecule has 23 heavy (non-hydrogen) atoms. The third-order valence-electron chi connectivity index (χ3n) is 2.57. The van der Waals surface area contributed by atoms with Crippen molar-refractivity contribution in [2.75, 3.05) is 20.7 Å². The Bertz CT molecular complexity index is 532. The minimum absolute atomic E-state index is 0.0508. The highest BCUT2D eigenvalue weighted by Crippen LogP contribution is 2.07. The fourth-order valence-electron chi connectivity index (χ4n) is 1.55. The van der Waals surface area contributed by atoms with Crippen molar-refractivity contribution in [3.63, 3.8) is 0 Å². The molecule has 0 radical (unpaired) electrons. The standard InChI is InChI=1S/C9H7N.C6H13N3O2.CH5N/c1-2-6-9-8(4-1)5-3-7-10-9;1-11-5(10)3-2-4-9-6(7)8;1-2/h1-7H;2-4H2,1H3,(H4,7,8,9);2H2,1H3. The molecule has 126 valence electrons. The highest BCUT2D eigenvalue weighted by molar-refractivity contribution is 5.77. The van der Waals surface area contributed by atoms with Crippen LogP contribution in [-0.4, -0.2) is 37.6 Å². The van der Waals surface area contributed by atoms with Gasteiger partial charge in [-0.1, -0.05) is 24.3 Å². The largest absolute Gasteiger partial charge is 0.469 e. The molecule has 0 aliphatic carbocycles.